The molecular weight excluding hydrogens is 212 g/mol. The quantitative estimate of drug-likeness (QED) is 0.830. The first-order chi connectivity index (χ1) is 7.97. The highest BCUT2D eigenvalue weighted by atomic mass is 16.1. The maximum Gasteiger partial charge on any atom is 0.224 e. The van der Waals surface area contributed by atoms with Crippen LogP contribution in [0.4, 0.5) is 0 Å². The first kappa shape index (κ1) is 13.7. The van der Waals surface area contributed by atoms with Crippen LogP contribution in [-0.2, 0) is 11.2 Å². The van der Waals surface area contributed by atoms with Crippen LogP contribution in [-0.4, -0.2) is 19.0 Å². The van der Waals surface area contributed by atoms with Gasteiger partial charge in [-0.25, -0.2) is 0 Å². The molecule has 17 heavy (non-hydrogen) atoms. The summed E-state index contributed by atoms with van der Waals surface area (Å²) in [6.07, 6.45) is 0.445. The molecular formula is C14H22N2O. The molecule has 1 rings (SSSR count). The van der Waals surface area contributed by atoms with E-state index in [4.69, 9.17) is 5.73 Å². The zero-order chi connectivity index (χ0) is 13.0. The number of hydrogen-bond donors (Lipinski definition) is 2. The fraction of sp³-hybridized carbons (Fsp3) is 0.500. The lowest BCUT2D eigenvalue weighted by Crippen LogP contribution is -2.30. The van der Waals surface area contributed by atoms with Crippen LogP contribution in [0.3, 0.4) is 0 Å². The highest BCUT2D eigenvalue weighted by Gasteiger charge is 2.11. The van der Waals surface area contributed by atoms with Gasteiger partial charge in [0, 0.05) is 13.1 Å². The lowest BCUT2D eigenvalue weighted by molar-refractivity contribution is -0.120. The second kappa shape index (κ2) is 5.82. The Kier molecular flexibility index (Phi) is 4.70. The molecule has 0 fully saturated rings. The van der Waals surface area contributed by atoms with Gasteiger partial charge in [0.2, 0.25) is 5.91 Å². The van der Waals surface area contributed by atoms with E-state index in [2.05, 4.69) is 39.1 Å². The number of rotatable bonds is 4. The van der Waals surface area contributed by atoms with Crippen molar-refractivity contribution >= 4 is 5.91 Å². The van der Waals surface area contributed by atoms with Crippen molar-refractivity contribution < 1.29 is 4.79 Å². The number of aryl methyl sites for hydroxylation is 2. The van der Waals surface area contributed by atoms with E-state index in [1.165, 1.54) is 22.3 Å². The van der Waals surface area contributed by atoms with E-state index in [0.29, 0.717) is 19.5 Å². The molecule has 1 aromatic rings. The third-order valence-electron chi connectivity index (χ3n) is 3.33. The molecule has 0 aliphatic rings. The Balaban J connectivity index is 2.94. The number of amides is 1. The zero-order valence-electron chi connectivity index (χ0n) is 11.2. The molecule has 0 unspecified atom stereocenters. The fourth-order valence-electron chi connectivity index (χ4n) is 2.00. The Hall–Kier alpha value is -1.35. The van der Waals surface area contributed by atoms with Gasteiger partial charge in [-0.05, 0) is 55.5 Å². The van der Waals surface area contributed by atoms with Gasteiger partial charge in [-0.1, -0.05) is 6.07 Å². The molecule has 3 nitrogen and oxygen atoms in total. The second-order valence-electron chi connectivity index (χ2n) is 4.55. The number of nitrogens with one attached hydrogen (secondary N) is 1. The van der Waals surface area contributed by atoms with Crippen molar-refractivity contribution in [2.75, 3.05) is 13.1 Å². The zero-order valence-corrected chi connectivity index (χ0v) is 11.2. The lowest BCUT2D eigenvalue weighted by atomic mass is 9.92. The molecule has 0 spiro atoms. The Morgan fingerprint density at radius 3 is 2.18 bits per heavy atom. The molecule has 0 heterocycles. The highest BCUT2D eigenvalue weighted by molar-refractivity contribution is 5.79. The van der Waals surface area contributed by atoms with Crippen LogP contribution in [0.15, 0.2) is 6.07 Å². The Morgan fingerprint density at radius 1 is 1.18 bits per heavy atom. The minimum atomic E-state index is 0.0478. The van der Waals surface area contributed by atoms with Crippen LogP contribution < -0.4 is 11.1 Å². The van der Waals surface area contributed by atoms with Gasteiger partial charge in [0.25, 0.3) is 0 Å². The standard InChI is InChI=1S/C14H22N2O/c1-9-7-10(2)12(4)13(11(9)3)8-14(17)16-6-5-15/h7H,5-6,8,15H2,1-4H3,(H,16,17). The number of carbonyl (C=O) groups excluding carboxylic acids is 1. The van der Waals surface area contributed by atoms with Crippen LogP contribution >= 0.6 is 0 Å². The van der Waals surface area contributed by atoms with Gasteiger partial charge in [-0.2, -0.15) is 0 Å². The van der Waals surface area contributed by atoms with E-state index < -0.39 is 0 Å². The smallest absolute Gasteiger partial charge is 0.224 e. The van der Waals surface area contributed by atoms with E-state index in [-0.39, 0.29) is 5.91 Å². The molecule has 0 bridgehead atoms. The number of nitrogens with two attached hydrogens (primary N) is 1. The van der Waals surface area contributed by atoms with Crippen LogP contribution in [0.2, 0.25) is 0 Å². The van der Waals surface area contributed by atoms with Gasteiger partial charge in [0.05, 0.1) is 6.42 Å². The molecule has 0 atom stereocenters. The highest BCUT2D eigenvalue weighted by Crippen LogP contribution is 2.21. The normalized spacial score (nSPS) is 10.4. The predicted octanol–water partition coefficient (Wildman–Crippen LogP) is 1.54. The summed E-state index contributed by atoms with van der Waals surface area (Å²) in [7, 11) is 0. The van der Waals surface area contributed by atoms with Gasteiger partial charge in [-0.15, -0.1) is 0 Å². The van der Waals surface area contributed by atoms with E-state index in [1.807, 2.05) is 0 Å². The Morgan fingerprint density at radius 2 is 1.71 bits per heavy atom. The van der Waals surface area contributed by atoms with Gasteiger partial charge in [0.15, 0.2) is 0 Å². The molecule has 1 amide bonds. The Labute approximate surface area is 103 Å². The van der Waals surface area contributed by atoms with Crippen molar-refractivity contribution in [3.8, 4) is 0 Å². The first-order valence-corrected chi connectivity index (χ1v) is 6.00. The van der Waals surface area contributed by atoms with Crippen molar-refractivity contribution in [2.24, 2.45) is 5.73 Å². The number of carbonyl (C=O) groups is 1. The SMILES string of the molecule is Cc1cc(C)c(C)c(CC(=O)NCCN)c1C. The first-order valence-electron chi connectivity index (χ1n) is 6.00. The van der Waals surface area contributed by atoms with Gasteiger partial charge in [-0.3, -0.25) is 4.79 Å². The fourth-order valence-corrected chi connectivity index (χ4v) is 2.00. The monoisotopic (exact) mass is 234 g/mol. The maximum atomic E-state index is 11.7. The van der Waals surface area contributed by atoms with Crippen molar-refractivity contribution in [3.05, 3.63) is 33.9 Å². The van der Waals surface area contributed by atoms with Gasteiger partial charge in [0.1, 0.15) is 0 Å². The van der Waals surface area contributed by atoms with E-state index in [0.717, 1.165) is 5.56 Å². The molecule has 0 saturated carbocycles. The average Bonchev–Trinajstić information content (AvgIpc) is 2.29. The average molecular weight is 234 g/mol. The summed E-state index contributed by atoms with van der Waals surface area (Å²) in [6, 6.07) is 2.17. The summed E-state index contributed by atoms with van der Waals surface area (Å²) in [5.74, 6) is 0.0478. The number of hydrogen-bond acceptors (Lipinski definition) is 2. The predicted molar refractivity (Wildman–Crippen MR) is 71.2 cm³/mol. The van der Waals surface area contributed by atoms with Gasteiger partial charge >= 0.3 is 0 Å². The number of benzene rings is 1. The van der Waals surface area contributed by atoms with E-state index >= 15 is 0 Å². The molecule has 0 aromatic heterocycles. The van der Waals surface area contributed by atoms with Crippen LogP contribution in [0.5, 0.6) is 0 Å². The summed E-state index contributed by atoms with van der Waals surface area (Å²) in [6.45, 7) is 9.35. The van der Waals surface area contributed by atoms with E-state index in [9.17, 15) is 4.79 Å². The maximum absolute atomic E-state index is 11.7. The van der Waals surface area contributed by atoms with Crippen molar-refractivity contribution in [1.29, 1.82) is 0 Å². The molecule has 0 aliphatic heterocycles. The molecule has 3 heteroatoms. The summed E-state index contributed by atoms with van der Waals surface area (Å²) in [5.41, 5.74) is 11.4. The Bertz CT molecular complexity index is 398. The minimum absolute atomic E-state index is 0.0478. The molecule has 0 saturated heterocycles. The third-order valence-corrected chi connectivity index (χ3v) is 3.33. The summed E-state index contributed by atoms with van der Waals surface area (Å²) >= 11 is 0. The van der Waals surface area contributed by atoms with Crippen LogP contribution in [0.25, 0.3) is 0 Å². The van der Waals surface area contributed by atoms with Crippen molar-refractivity contribution in [1.82, 2.24) is 5.32 Å². The second-order valence-corrected chi connectivity index (χ2v) is 4.55. The third kappa shape index (κ3) is 3.30. The molecule has 0 radical (unpaired) electrons. The topological polar surface area (TPSA) is 55.1 Å². The summed E-state index contributed by atoms with van der Waals surface area (Å²) in [4.78, 5) is 11.7. The van der Waals surface area contributed by atoms with Crippen molar-refractivity contribution in [3.63, 3.8) is 0 Å². The van der Waals surface area contributed by atoms with Gasteiger partial charge < -0.3 is 11.1 Å². The molecule has 1 aromatic carbocycles. The minimum Gasteiger partial charge on any atom is -0.355 e. The van der Waals surface area contributed by atoms with Crippen molar-refractivity contribution in [2.45, 2.75) is 34.1 Å². The van der Waals surface area contributed by atoms with Crippen LogP contribution in [0.1, 0.15) is 27.8 Å². The van der Waals surface area contributed by atoms with E-state index in [1.54, 1.807) is 0 Å². The molecule has 0 aliphatic carbocycles. The lowest BCUT2D eigenvalue weighted by Gasteiger charge is -2.15. The largest absolute Gasteiger partial charge is 0.355 e. The summed E-state index contributed by atoms with van der Waals surface area (Å²) < 4.78 is 0. The molecule has 94 valence electrons. The summed E-state index contributed by atoms with van der Waals surface area (Å²) in [5, 5.41) is 2.81. The van der Waals surface area contributed by atoms with Crippen LogP contribution in [0, 0.1) is 27.7 Å². The molecule has 3 N–H and O–H groups in total.